The van der Waals surface area contributed by atoms with Crippen molar-refractivity contribution in [2.24, 2.45) is 0 Å². The van der Waals surface area contributed by atoms with Gasteiger partial charge in [-0.25, -0.2) is 13.1 Å². The second kappa shape index (κ2) is 6.73. The number of hydrogen-bond acceptors (Lipinski definition) is 2. The molecular formula is C16H18BrNO2S. The van der Waals surface area contributed by atoms with Crippen molar-refractivity contribution in [2.45, 2.75) is 25.2 Å². The van der Waals surface area contributed by atoms with Crippen molar-refractivity contribution >= 4 is 26.0 Å². The average Bonchev–Trinajstić information content (AvgIpc) is 2.41. The highest BCUT2D eigenvalue weighted by Crippen LogP contribution is 2.16. The third-order valence-electron chi connectivity index (χ3n) is 3.29. The standard InChI is InChI=1S/C16H18BrNO2S/c1-12-6-7-14(13(2)10-12)8-9-18-21(19,20)16-5-3-4-15(17)11-16/h3-7,10-11,18H,8-9H2,1-2H3. The summed E-state index contributed by atoms with van der Waals surface area (Å²) in [5.41, 5.74) is 3.57. The van der Waals surface area contributed by atoms with Gasteiger partial charge >= 0.3 is 0 Å². The smallest absolute Gasteiger partial charge is 0.211 e. The SMILES string of the molecule is Cc1ccc(CCNS(=O)(=O)c2cccc(Br)c2)c(C)c1. The summed E-state index contributed by atoms with van der Waals surface area (Å²) in [7, 11) is -3.45. The van der Waals surface area contributed by atoms with Gasteiger partial charge in [0.2, 0.25) is 10.0 Å². The Morgan fingerprint density at radius 1 is 1.10 bits per heavy atom. The monoisotopic (exact) mass is 367 g/mol. The zero-order valence-electron chi connectivity index (χ0n) is 12.1. The zero-order valence-corrected chi connectivity index (χ0v) is 14.5. The van der Waals surface area contributed by atoms with E-state index < -0.39 is 10.0 Å². The quantitative estimate of drug-likeness (QED) is 0.877. The molecule has 0 saturated heterocycles. The molecule has 1 N–H and O–H groups in total. The van der Waals surface area contributed by atoms with E-state index in [1.807, 2.05) is 19.9 Å². The summed E-state index contributed by atoms with van der Waals surface area (Å²) in [6.45, 7) is 4.48. The van der Waals surface area contributed by atoms with Gasteiger partial charge in [0, 0.05) is 11.0 Å². The molecule has 0 fully saturated rings. The van der Waals surface area contributed by atoms with Crippen molar-refractivity contribution in [3.8, 4) is 0 Å². The van der Waals surface area contributed by atoms with Crippen LogP contribution in [0.1, 0.15) is 16.7 Å². The van der Waals surface area contributed by atoms with E-state index in [1.165, 1.54) is 11.1 Å². The van der Waals surface area contributed by atoms with Gasteiger partial charge in [-0.1, -0.05) is 45.8 Å². The fourth-order valence-electron chi connectivity index (χ4n) is 2.16. The van der Waals surface area contributed by atoms with E-state index in [2.05, 4.69) is 32.8 Å². The average molecular weight is 368 g/mol. The predicted octanol–water partition coefficient (Wildman–Crippen LogP) is 3.59. The van der Waals surface area contributed by atoms with Gasteiger partial charge in [-0.2, -0.15) is 0 Å². The number of benzene rings is 2. The minimum atomic E-state index is -3.45. The fourth-order valence-corrected chi connectivity index (χ4v) is 3.79. The molecule has 0 atom stereocenters. The fraction of sp³-hybridized carbons (Fsp3) is 0.250. The maximum absolute atomic E-state index is 12.2. The number of sulfonamides is 1. The summed E-state index contributed by atoms with van der Waals surface area (Å²) >= 11 is 3.28. The molecule has 0 saturated carbocycles. The highest BCUT2D eigenvalue weighted by Gasteiger charge is 2.13. The number of hydrogen-bond donors (Lipinski definition) is 1. The first-order valence-electron chi connectivity index (χ1n) is 6.70. The normalized spacial score (nSPS) is 11.6. The summed E-state index contributed by atoms with van der Waals surface area (Å²) in [5, 5.41) is 0. The third kappa shape index (κ3) is 4.40. The molecule has 2 rings (SSSR count). The number of halogens is 1. The van der Waals surface area contributed by atoms with Gasteiger partial charge in [-0.05, 0) is 49.6 Å². The largest absolute Gasteiger partial charge is 0.240 e. The third-order valence-corrected chi connectivity index (χ3v) is 5.24. The molecule has 0 bridgehead atoms. The van der Waals surface area contributed by atoms with Gasteiger partial charge in [0.1, 0.15) is 0 Å². The maximum Gasteiger partial charge on any atom is 0.240 e. The van der Waals surface area contributed by atoms with Crippen molar-refractivity contribution in [3.05, 3.63) is 63.6 Å². The van der Waals surface area contributed by atoms with Gasteiger partial charge in [0.15, 0.2) is 0 Å². The molecule has 0 heterocycles. The lowest BCUT2D eigenvalue weighted by Gasteiger charge is -2.09. The van der Waals surface area contributed by atoms with Gasteiger partial charge in [0.25, 0.3) is 0 Å². The molecular weight excluding hydrogens is 350 g/mol. The van der Waals surface area contributed by atoms with E-state index in [-0.39, 0.29) is 4.90 Å². The van der Waals surface area contributed by atoms with Crippen LogP contribution in [0.2, 0.25) is 0 Å². The molecule has 0 aliphatic heterocycles. The van der Waals surface area contributed by atoms with Crippen LogP contribution in [0.15, 0.2) is 51.8 Å². The first-order valence-corrected chi connectivity index (χ1v) is 8.97. The number of nitrogens with one attached hydrogen (secondary N) is 1. The van der Waals surface area contributed by atoms with E-state index >= 15 is 0 Å². The summed E-state index contributed by atoms with van der Waals surface area (Å²) in [4.78, 5) is 0.275. The Morgan fingerprint density at radius 2 is 1.86 bits per heavy atom. The Hall–Kier alpha value is -1.17. The summed E-state index contributed by atoms with van der Waals surface area (Å²) in [6.07, 6.45) is 0.680. The molecule has 0 spiro atoms. The summed E-state index contributed by atoms with van der Waals surface area (Å²) in [6, 6.07) is 12.9. The van der Waals surface area contributed by atoms with E-state index in [9.17, 15) is 8.42 Å². The molecule has 0 radical (unpaired) electrons. The minimum absolute atomic E-state index is 0.275. The predicted molar refractivity (Wildman–Crippen MR) is 89.0 cm³/mol. The highest BCUT2D eigenvalue weighted by molar-refractivity contribution is 9.10. The molecule has 2 aromatic rings. The Kier molecular flexibility index (Phi) is 5.19. The van der Waals surface area contributed by atoms with Crippen LogP contribution in [0, 0.1) is 13.8 Å². The van der Waals surface area contributed by atoms with Gasteiger partial charge in [-0.15, -0.1) is 0 Å². The topological polar surface area (TPSA) is 46.2 Å². The first kappa shape index (κ1) is 16.2. The van der Waals surface area contributed by atoms with Gasteiger partial charge in [-0.3, -0.25) is 0 Å². The maximum atomic E-state index is 12.2. The Bertz CT molecular complexity index is 742. The Labute approximate surface area is 134 Å². The van der Waals surface area contributed by atoms with E-state index in [4.69, 9.17) is 0 Å². The molecule has 5 heteroatoms. The molecule has 21 heavy (non-hydrogen) atoms. The van der Waals surface area contributed by atoms with E-state index in [0.717, 1.165) is 10.0 Å². The zero-order chi connectivity index (χ0) is 15.5. The van der Waals surface area contributed by atoms with Crippen LogP contribution < -0.4 is 4.72 Å². The van der Waals surface area contributed by atoms with Crippen LogP contribution in [0.5, 0.6) is 0 Å². The van der Waals surface area contributed by atoms with Crippen molar-refractivity contribution in [2.75, 3.05) is 6.54 Å². The Balaban J connectivity index is 2.02. The van der Waals surface area contributed by atoms with Crippen LogP contribution in [0.25, 0.3) is 0 Å². The van der Waals surface area contributed by atoms with Crippen LogP contribution >= 0.6 is 15.9 Å². The lowest BCUT2D eigenvalue weighted by atomic mass is 10.0. The van der Waals surface area contributed by atoms with Crippen LogP contribution in [0.3, 0.4) is 0 Å². The molecule has 3 nitrogen and oxygen atoms in total. The van der Waals surface area contributed by atoms with Crippen molar-refractivity contribution < 1.29 is 8.42 Å². The van der Waals surface area contributed by atoms with Gasteiger partial charge < -0.3 is 0 Å². The molecule has 0 aromatic heterocycles. The van der Waals surface area contributed by atoms with Crippen LogP contribution in [-0.2, 0) is 16.4 Å². The van der Waals surface area contributed by atoms with E-state index in [1.54, 1.807) is 24.3 Å². The Morgan fingerprint density at radius 3 is 2.52 bits per heavy atom. The minimum Gasteiger partial charge on any atom is -0.211 e. The second-order valence-electron chi connectivity index (χ2n) is 5.04. The second-order valence-corrected chi connectivity index (χ2v) is 7.72. The van der Waals surface area contributed by atoms with Crippen LogP contribution in [0.4, 0.5) is 0 Å². The van der Waals surface area contributed by atoms with Crippen molar-refractivity contribution in [1.29, 1.82) is 0 Å². The number of rotatable bonds is 5. The van der Waals surface area contributed by atoms with Crippen molar-refractivity contribution in [1.82, 2.24) is 4.72 Å². The molecule has 0 aliphatic carbocycles. The van der Waals surface area contributed by atoms with Crippen LogP contribution in [-0.4, -0.2) is 15.0 Å². The molecule has 0 amide bonds. The summed E-state index contributed by atoms with van der Waals surface area (Å²) in [5.74, 6) is 0. The lowest BCUT2D eigenvalue weighted by Crippen LogP contribution is -2.26. The lowest BCUT2D eigenvalue weighted by molar-refractivity contribution is 0.581. The summed E-state index contributed by atoms with van der Waals surface area (Å²) < 4.78 is 27.8. The first-order chi connectivity index (χ1) is 9.88. The van der Waals surface area contributed by atoms with Gasteiger partial charge in [0.05, 0.1) is 4.90 Å². The number of aryl methyl sites for hydroxylation is 2. The molecule has 0 aliphatic rings. The molecule has 112 valence electrons. The van der Waals surface area contributed by atoms with Crippen molar-refractivity contribution in [3.63, 3.8) is 0 Å². The molecule has 0 unspecified atom stereocenters. The highest BCUT2D eigenvalue weighted by atomic mass is 79.9. The van der Waals surface area contributed by atoms with E-state index in [0.29, 0.717) is 13.0 Å². The molecule has 2 aromatic carbocycles.